The SMILES string of the molecule is C=C(C)C(=O)OC(C=CC#N)OC(=O)C(=C)C. The molecule has 90 valence electrons. The van der Waals surface area contributed by atoms with Crippen molar-refractivity contribution in [2.24, 2.45) is 0 Å². The molecule has 0 heterocycles. The average molecular weight is 235 g/mol. The van der Waals surface area contributed by atoms with Gasteiger partial charge >= 0.3 is 11.9 Å². The average Bonchev–Trinajstić information content (AvgIpc) is 2.25. The summed E-state index contributed by atoms with van der Waals surface area (Å²) in [5.41, 5.74) is 0.318. The number of carbonyl (C=O) groups is 2. The van der Waals surface area contributed by atoms with Crippen LogP contribution in [0.5, 0.6) is 0 Å². The van der Waals surface area contributed by atoms with Gasteiger partial charge in [-0.1, -0.05) is 13.2 Å². The van der Waals surface area contributed by atoms with Crippen molar-refractivity contribution in [3.63, 3.8) is 0 Å². The monoisotopic (exact) mass is 235 g/mol. The van der Waals surface area contributed by atoms with Crippen molar-refractivity contribution in [2.45, 2.75) is 20.1 Å². The zero-order chi connectivity index (χ0) is 13.4. The minimum atomic E-state index is -1.26. The fraction of sp³-hybridized carbons (Fsp3) is 0.250. The van der Waals surface area contributed by atoms with E-state index in [0.717, 1.165) is 12.2 Å². The highest BCUT2D eigenvalue weighted by Gasteiger charge is 2.16. The molecule has 0 N–H and O–H groups in total. The first kappa shape index (κ1) is 14.6. The van der Waals surface area contributed by atoms with Gasteiger partial charge in [-0.3, -0.25) is 0 Å². The van der Waals surface area contributed by atoms with Crippen LogP contribution in [-0.2, 0) is 19.1 Å². The number of ether oxygens (including phenoxy) is 2. The van der Waals surface area contributed by atoms with Crippen molar-refractivity contribution in [2.75, 3.05) is 0 Å². The molecule has 0 rings (SSSR count). The van der Waals surface area contributed by atoms with E-state index in [-0.39, 0.29) is 11.1 Å². The van der Waals surface area contributed by atoms with Crippen LogP contribution < -0.4 is 0 Å². The lowest BCUT2D eigenvalue weighted by atomic mass is 10.3. The topological polar surface area (TPSA) is 76.4 Å². The Labute approximate surface area is 99.6 Å². The lowest BCUT2D eigenvalue weighted by Crippen LogP contribution is -2.23. The molecule has 0 spiro atoms. The van der Waals surface area contributed by atoms with Crippen LogP contribution in [0, 0.1) is 11.3 Å². The minimum absolute atomic E-state index is 0.159. The van der Waals surface area contributed by atoms with E-state index in [1.165, 1.54) is 13.8 Å². The van der Waals surface area contributed by atoms with Crippen molar-refractivity contribution < 1.29 is 19.1 Å². The zero-order valence-electron chi connectivity index (χ0n) is 9.73. The van der Waals surface area contributed by atoms with E-state index in [4.69, 9.17) is 14.7 Å². The first-order chi connectivity index (χ1) is 7.88. The molecule has 0 saturated carbocycles. The summed E-state index contributed by atoms with van der Waals surface area (Å²) in [6, 6.07) is 1.70. The first-order valence-corrected chi connectivity index (χ1v) is 4.67. The molecule has 0 unspecified atom stereocenters. The number of carbonyl (C=O) groups excluding carboxylic acids is 2. The molecular weight excluding hydrogens is 222 g/mol. The van der Waals surface area contributed by atoms with Gasteiger partial charge < -0.3 is 9.47 Å². The number of nitriles is 1. The van der Waals surface area contributed by atoms with Gasteiger partial charge in [0.2, 0.25) is 0 Å². The summed E-state index contributed by atoms with van der Waals surface area (Å²) >= 11 is 0. The molecule has 0 radical (unpaired) electrons. The smallest absolute Gasteiger partial charge is 0.336 e. The molecule has 5 nitrogen and oxygen atoms in total. The van der Waals surface area contributed by atoms with Crippen molar-refractivity contribution in [1.82, 2.24) is 0 Å². The van der Waals surface area contributed by atoms with Gasteiger partial charge in [-0.2, -0.15) is 5.26 Å². The highest BCUT2D eigenvalue weighted by molar-refractivity contribution is 5.88. The number of hydrogen-bond donors (Lipinski definition) is 0. The molecule has 0 aliphatic heterocycles. The van der Waals surface area contributed by atoms with E-state index in [1.807, 2.05) is 0 Å². The minimum Gasteiger partial charge on any atom is -0.418 e. The maximum Gasteiger partial charge on any atom is 0.336 e. The lowest BCUT2D eigenvalue weighted by molar-refractivity contribution is -0.173. The number of esters is 2. The second-order valence-electron chi connectivity index (χ2n) is 3.23. The number of rotatable bonds is 5. The largest absolute Gasteiger partial charge is 0.418 e. The van der Waals surface area contributed by atoms with Gasteiger partial charge in [0.25, 0.3) is 6.29 Å². The van der Waals surface area contributed by atoms with Crippen molar-refractivity contribution in [3.05, 3.63) is 36.5 Å². The molecule has 0 aliphatic carbocycles. The van der Waals surface area contributed by atoms with Gasteiger partial charge in [0.15, 0.2) is 0 Å². The van der Waals surface area contributed by atoms with Gasteiger partial charge in [0, 0.05) is 23.3 Å². The maximum atomic E-state index is 11.2. The first-order valence-electron chi connectivity index (χ1n) is 4.67. The fourth-order valence-electron chi connectivity index (χ4n) is 0.636. The molecule has 0 fully saturated rings. The Bertz CT molecular complexity index is 387. The van der Waals surface area contributed by atoms with Crippen LogP contribution >= 0.6 is 0 Å². The van der Waals surface area contributed by atoms with Crippen LogP contribution in [0.3, 0.4) is 0 Å². The number of hydrogen-bond acceptors (Lipinski definition) is 5. The quantitative estimate of drug-likeness (QED) is 0.313. The van der Waals surface area contributed by atoms with Crippen molar-refractivity contribution >= 4 is 11.9 Å². The molecular formula is C12H13NO4. The van der Waals surface area contributed by atoms with Crippen LogP contribution in [0.1, 0.15) is 13.8 Å². The third-order valence-corrected chi connectivity index (χ3v) is 1.47. The number of allylic oxidation sites excluding steroid dienone is 1. The van der Waals surface area contributed by atoms with Crippen LogP contribution in [0.4, 0.5) is 0 Å². The molecule has 0 saturated heterocycles. The highest BCUT2D eigenvalue weighted by atomic mass is 16.7. The van der Waals surface area contributed by atoms with Crippen molar-refractivity contribution in [1.29, 1.82) is 5.26 Å². The molecule has 0 aromatic carbocycles. The predicted molar refractivity (Wildman–Crippen MR) is 60.4 cm³/mol. The normalized spacial score (nSPS) is 9.76. The summed E-state index contributed by atoms with van der Waals surface area (Å²) in [5, 5.41) is 8.35. The second-order valence-corrected chi connectivity index (χ2v) is 3.23. The highest BCUT2D eigenvalue weighted by Crippen LogP contribution is 2.05. The molecule has 0 bridgehead atoms. The summed E-state index contributed by atoms with van der Waals surface area (Å²) in [4.78, 5) is 22.4. The Morgan fingerprint density at radius 2 is 1.59 bits per heavy atom. The van der Waals surface area contributed by atoms with E-state index >= 15 is 0 Å². The molecule has 0 aromatic rings. The molecule has 17 heavy (non-hydrogen) atoms. The van der Waals surface area contributed by atoms with Gasteiger partial charge in [-0.15, -0.1) is 0 Å². The van der Waals surface area contributed by atoms with E-state index in [0.29, 0.717) is 0 Å². The van der Waals surface area contributed by atoms with Crippen LogP contribution in [0.25, 0.3) is 0 Å². The Morgan fingerprint density at radius 1 is 1.18 bits per heavy atom. The van der Waals surface area contributed by atoms with Crippen LogP contribution in [0.2, 0.25) is 0 Å². The molecule has 0 aromatic heterocycles. The third-order valence-electron chi connectivity index (χ3n) is 1.47. The Balaban J connectivity index is 4.66. The Morgan fingerprint density at radius 3 is 1.88 bits per heavy atom. The van der Waals surface area contributed by atoms with Gasteiger partial charge in [-0.25, -0.2) is 9.59 Å². The molecule has 0 aliphatic rings. The molecule has 0 atom stereocenters. The molecule has 0 amide bonds. The Kier molecular flexibility index (Phi) is 6.04. The fourth-order valence-corrected chi connectivity index (χ4v) is 0.636. The second kappa shape index (κ2) is 7.01. The predicted octanol–water partition coefficient (Wildman–Crippen LogP) is 1.63. The lowest BCUT2D eigenvalue weighted by Gasteiger charge is -2.14. The maximum absolute atomic E-state index is 11.2. The summed E-state index contributed by atoms with van der Waals surface area (Å²) in [6.45, 7) is 9.67. The summed E-state index contributed by atoms with van der Waals surface area (Å²) < 4.78 is 9.55. The number of nitrogens with zero attached hydrogens (tertiary/aromatic N) is 1. The van der Waals surface area contributed by atoms with Gasteiger partial charge in [0.1, 0.15) is 0 Å². The Hall–Kier alpha value is -2.35. The third kappa shape index (κ3) is 5.95. The van der Waals surface area contributed by atoms with Crippen LogP contribution in [0.15, 0.2) is 36.5 Å². The summed E-state index contributed by atoms with van der Waals surface area (Å²) in [7, 11) is 0. The van der Waals surface area contributed by atoms with Crippen LogP contribution in [-0.4, -0.2) is 18.2 Å². The van der Waals surface area contributed by atoms with Gasteiger partial charge in [0.05, 0.1) is 6.07 Å². The van der Waals surface area contributed by atoms with E-state index in [2.05, 4.69) is 13.2 Å². The van der Waals surface area contributed by atoms with Gasteiger partial charge in [-0.05, 0) is 13.8 Å². The van der Waals surface area contributed by atoms with E-state index in [9.17, 15) is 9.59 Å². The van der Waals surface area contributed by atoms with E-state index in [1.54, 1.807) is 6.07 Å². The summed E-state index contributed by atoms with van der Waals surface area (Å²) in [6.07, 6.45) is 0.923. The van der Waals surface area contributed by atoms with Crippen molar-refractivity contribution in [3.8, 4) is 6.07 Å². The molecule has 5 heteroatoms. The standard InChI is InChI=1S/C12H13NO4/c1-8(2)11(14)16-10(6-5-7-13)17-12(15)9(3)4/h5-6,10H,1,3H2,2,4H3. The van der Waals surface area contributed by atoms with E-state index < -0.39 is 18.2 Å². The zero-order valence-corrected chi connectivity index (χ0v) is 9.73. The summed E-state index contributed by atoms with van der Waals surface area (Å²) in [5.74, 6) is -1.43.